The Morgan fingerprint density at radius 2 is 1.82 bits per heavy atom. The van der Waals surface area contributed by atoms with Crippen LogP contribution >= 0.6 is 12.2 Å². The number of rotatable bonds is 6. The Bertz CT molecular complexity index is 986. The SMILES string of the molecule is CCOc1ccccc1NC(=S)Nc1c(C)nn(Cc2ccccc2F)c1C. The van der Waals surface area contributed by atoms with E-state index >= 15 is 0 Å². The van der Waals surface area contributed by atoms with E-state index in [0.717, 1.165) is 28.5 Å². The van der Waals surface area contributed by atoms with Gasteiger partial charge in [0, 0.05) is 5.56 Å². The molecule has 0 fully saturated rings. The Morgan fingerprint density at radius 3 is 2.57 bits per heavy atom. The molecule has 3 aromatic rings. The summed E-state index contributed by atoms with van der Waals surface area (Å²) in [7, 11) is 0. The Kier molecular flexibility index (Phi) is 6.26. The molecule has 28 heavy (non-hydrogen) atoms. The zero-order chi connectivity index (χ0) is 20.1. The summed E-state index contributed by atoms with van der Waals surface area (Å²) < 4.78 is 21.4. The first-order valence-corrected chi connectivity index (χ1v) is 9.47. The molecule has 0 aliphatic rings. The minimum atomic E-state index is -0.241. The highest BCUT2D eigenvalue weighted by molar-refractivity contribution is 7.80. The second-order valence-corrected chi connectivity index (χ2v) is 6.71. The van der Waals surface area contributed by atoms with E-state index in [1.165, 1.54) is 6.07 Å². The maximum Gasteiger partial charge on any atom is 0.175 e. The molecule has 0 unspecified atom stereocenters. The first kappa shape index (κ1) is 19.8. The van der Waals surface area contributed by atoms with Crippen LogP contribution in [0.5, 0.6) is 5.75 Å². The second-order valence-electron chi connectivity index (χ2n) is 6.30. The van der Waals surface area contributed by atoms with Crippen molar-refractivity contribution >= 4 is 28.7 Å². The van der Waals surface area contributed by atoms with Gasteiger partial charge in [-0.2, -0.15) is 5.10 Å². The summed E-state index contributed by atoms with van der Waals surface area (Å²) in [6.07, 6.45) is 0. The lowest BCUT2D eigenvalue weighted by molar-refractivity contribution is 0.342. The van der Waals surface area contributed by atoms with Gasteiger partial charge < -0.3 is 15.4 Å². The lowest BCUT2D eigenvalue weighted by Crippen LogP contribution is -2.20. The van der Waals surface area contributed by atoms with Crippen LogP contribution in [0.15, 0.2) is 48.5 Å². The van der Waals surface area contributed by atoms with Crippen molar-refractivity contribution in [2.75, 3.05) is 17.2 Å². The van der Waals surface area contributed by atoms with Crippen molar-refractivity contribution in [3.8, 4) is 5.75 Å². The average Bonchev–Trinajstić information content (AvgIpc) is 2.93. The zero-order valence-electron chi connectivity index (χ0n) is 16.1. The van der Waals surface area contributed by atoms with Crippen molar-refractivity contribution in [3.63, 3.8) is 0 Å². The molecule has 0 saturated carbocycles. The van der Waals surface area contributed by atoms with Gasteiger partial charge in [0.2, 0.25) is 0 Å². The van der Waals surface area contributed by atoms with Gasteiger partial charge in [-0.25, -0.2) is 4.39 Å². The molecule has 146 valence electrons. The zero-order valence-corrected chi connectivity index (χ0v) is 16.9. The summed E-state index contributed by atoms with van der Waals surface area (Å²) in [5, 5.41) is 11.3. The molecule has 1 aromatic heterocycles. The van der Waals surface area contributed by atoms with Crippen LogP contribution in [0.25, 0.3) is 0 Å². The summed E-state index contributed by atoms with van der Waals surface area (Å²) >= 11 is 5.47. The fourth-order valence-electron chi connectivity index (χ4n) is 2.94. The third-order valence-corrected chi connectivity index (χ3v) is 4.54. The van der Waals surface area contributed by atoms with Crippen LogP contribution in [0.2, 0.25) is 0 Å². The number of hydrogen-bond donors (Lipinski definition) is 2. The standard InChI is InChI=1S/C21H23FN4OS/c1-4-27-19-12-8-7-11-18(19)23-21(28)24-20-14(2)25-26(15(20)3)13-16-9-5-6-10-17(16)22/h5-12H,4,13H2,1-3H3,(H2,23,24,28). The predicted molar refractivity (Wildman–Crippen MR) is 115 cm³/mol. The molecule has 0 bridgehead atoms. The molecule has 7 heteroatoms. The maximum absolute atomic E-state index is 14.0. The first-order chi connectivity index (χ1) is 13.5. The number of anilines is 2. The summed E-state index contributed by atoms with van der Waals surface area (Å²) in [4.78, 5) is 0. The van der Waals surface area contributed by atoms with Crippen LogP contribution in [0.3, 0.4) is 0 Å². The van der Waals surface area contributed by atoms with Gasteiger partial charge in [0.1, 0.15) is 11.6 Å². The number of nitrogens with one attached hydrogen (secondary N) is 2. The van der Waals surface area contributed by atoms with Crippen molar-refractivity contribution in [2.24, 2.45) is 0 Å². The molecule has 0 radical (unpaired) electrons. The van der Waals surface area contributed by atoms with Gasteiger partial charge in [-0.3, -0.25) is 4.68 Å². The van der Waals surface area contributed by atoms with Gasteiger partial charge in [-0.1, -0.05) is 30.3 Å². The van der Waals surface area contributed by atoms with Gasteiger partial charge >= 0.3 is 0 Å². The lowest BCUT2D eigenvalue weighted by atomic mass is 10.2. The fourth-order valence-corrected chi connectivity index (χ4v) is 3.15. The molecule has 0 atom stereocenters. The number of halogens is 1. The second kappa shape index (κ2) is 8.84. The van der Waals surface area contributed by atoms with Gasteiger partial charge in [0.15, 0.2) is 5.11 Å². The number of para-hydroxylation sites is 2. The fraction of sp³-hybridized carbons (Fsp3) is 0.238. The molecule has 1 heterocycles. The molecular formula is C21H23FN4OS. The number of aryl methyl sites for hydroxylation is 1. The van der Waals surface area contributed by atoms with E-state index in [2.05, 4.69) is 15.7 Å². The predicted octanol–water partition coefficient (Wildman–Crippen LogP) is 4.89. The van der Waals surface area contributed by atoms with E-state index in [1.807, 2.05) is 51.1 Å². The number of hydrogen-bond acceptors (Lipinski definition) is 3. The Hall–Kier alpha value is -2.93. The Morgan fingerprint density at radius 1 is 1.11 bits per heavy atom. The number of benzene rings is 2. The van der Waals surface area contributed by atoms with E-state index in [9.17, 15) is 4.39 Å². The van der Waals surface area contributed by atoms with Crippen molar-refractivity contribution in [3.05, 3.63) is 71.3 Å². The van der Waals surface area contributed by atoms with E-state index in [-0.39, 0.29) is 5.82 Å². The monoisotopic (exact) mass is 398 g/mol. The molecule has 5 nitrogen and oxygen atoms in total. The molecule has 0 aliphatic heterocycles. The maximum atomic E-state index is 14.0. The van der Waals surface area contributed by atoms with E-state index in [0.29, 0.717) is 23.8 Å². The highest BCUT2D eigenvalue weighted by Crippen LogP contribution is 2.25. The highest BCUT2D eigenvalue weighted by atomic mass is 32.1. The normalized spacial score (nSPS) is 10.6. The molecule has 0 saturated heterocycles. The van der Waals surface area contributed by atoms with Crippen molar-refractivity contribution in [1.29, 1.82) is 0 Å². The number of nitrogens with zero attached hydrogens (tertiary/aromatic N) is 2. The van der Waals surface area contributed by atoms with Gasteiger partial charge in [-0.05, 0) is 51.2 Å². The van der Waals surface area contributed by atoms with E-state index in [4.69, 9.17) is 17.0 Å². The van der Waals surface area contributed by atoms with Crippen LogP contribution in [0.4, 0.5) is 15.8 Å². The van der Waals surface area contributed by atoms with Gasteiger partial charge in [0.25, 0.3) is 0 Å². The molecule has 2 N–H and O–H groups in total. The molecule has 2 aromatic carbocycles. The third-order valence-electron chi connectivity index (χ3n) is 4.33. The Labute approximate surface area is 169 Å². The van der Waals surface area contributed by atoms with E-state index < -0.39 is 0 Å². The largest absolute Gasteiger partial charge is 0.492 e. The van der Waals surface area contributed by atoms with Crippen LogP contribution in [0, 0.1) is 19.7 Å². The third kappa shape index (κ3) is 4.48. The Balaban J connectivity index is 1.75. The summed E-state index contributed by atoms with van der Waals surface area (Å²) in [5.74, 6) is 0.493. The quantitative estimate of drug-likeness (QED) is 0.579. The van der Waals surface area contributed by atoms with Crippen LogP contribution in [-0.4, -0.2) is 21.5 Å². The van der Waals surface area contributed by atoms with Crippen molar-refractivity contribution in [1.82, 2.24) is 9.78 Å². The summed E-state index contributed by atoms with van der Waals surface area (Å²) in [6, 6.07) is 14.3. The van der Waals surface area contributed by atoms with Crippen molar-refractivity contribution in [2.45, 2.75) is 27.3 Å². The number of thiocarbonyl (C=S) groups is 1. The summed E-state index contributed by atoms with van der Waals surface area (Å²) in [6.45, 7) is 6.68. The average molecular weight is 399 g/mol. The van der Waals surface area contributed by atoms with Gasteiger partial charge in [0.05, 0.1) is 35.9 Å². The minimum Gasteiger partial charge on any atom is -0.492 e. The van der Waals surface area contributed by atoms with Crippen molar-refractivity contribution < 1.29 is 9.13 Å². The molecule has 0 spiro atoms. The lowest BCUT2D eigenvalue weighted by Gasteiger charge is -2.14. The molecular weight excluding hydrogens is 375 g/mol. The number of aromatic nitrogens is 2. The smallest absolute Gasteiger partial charge is 0.175 e. The summed E-state index contributed by atoms with van der Waals surface area (Å²) in [5.41, 5.74) is 3.85. The van der Waals surface area contributed by atoms with Gasteiger partial charge in [-0.15, -0.1) is 0 Å². The van der Waals surface area contributed by atoms with E-state index in [1.54, 1.807) is 16.8 Å². The molecule has 0 amide bonds. The number of ether oxygens (including phenoxy) is 1. The topological polar surface area (TPSA) is 51.1 Å². The molecule has 0 aliphatic carbocycles. The molecule has 3 rings (SSSR count). The first-order valence-electron chi connectivity index (χ1n) is 9.06. The van der Waals surface area contributed by atoms with Crippen LogP contribution in [-0.2, 0) is 6.54 Å². The minimum absolute atomic E-state index is 0.241. The van der Waals surface area contributed by atoms with Crippen LogP contribution in [0.1, 0.15) is 23.9 Å². The van der Waals surface area contributed by atoms with Crippen LogP contribution < -0.4 is 15.4 Å². The highest BCUT2D eigenvalue weighted by Gasteiger charge is 2.15.